The number of hydrogen-bond donors (Lipinski definition) is 2. The number of carbonyl (C=O) groups is 1. The van der Waals surface area contributed by atoms with E-state index in [1.165, 1.54) is 13.5 Å². The second-order valence-corrected chi connectivity index (χ2v) is 6.12. The zero-order valence-corrected chi connectivity index (χ0v) is 17.8. The van der Waals surface area contributed by atoms with Gasteiger partial charge in [0.1, 0.15) is 17.1 Å². The van der Waals surface area contributed by atoms with Gasteiger partial charge in [-0.25, -0.2) is 4.79 Å². The summed E-state index contributed by atoms with van der Waals surface area (Å²) in [6, 6.07) is 2.04. The highest BCUT2D eigenvalue weighted by Gasteiger charge is 2.15. The zero-order chi connectivity index (χ0) is 17.4. The first-order valence-corrected chi connectivity index (χ1v) is 8.02. The molecule has 6 nitrogen and oxygen atoms in total. The lowest BCUT2D eigenvalue weighted by Crippen LogP contribution is -2.41. The van der Waals surface area contributed by atoms with Crippen LogP contribution in [-0.2, 0) is 11.3 Å². The average Bonchev–Trinajstić information content (AvgIpc) is 2.89. The minimum absolute atomic E-state index is 0. The normalized spacial score (nSPS) is 12.5. The Hall–Kier alpha value is -1.25. The van der Waals surface area contributed by atoms with Crippen LogP contribution in [0.2, 0.25) is 0 Å². The number of nitrogens with zero attached hydrogens (tertiary/aromatic N) is 1. The fraction of sp³-hybridized carbons (Fsp3) is 0.647. The van der Waals surface area contributed by atoms with Gasteiger partial charge in [-0.15, -0.1) is 24.0 Å². The molecule has 24 heavy (non-hydrogen) atoms. The van der Waals surface area contributed by atoms with Crippen LogP contribution >= 0.6 is 24.0 Å². The predicted molar refractivity (Wildman–Crippen MR) is 107 cm³/mol. The molecule has 1 heterocycles. The van der Waals surface area contributed by atoms with E-state index in [-0.39, 0.29) is 29.9 Å². The molecule has 1 atom stereocenters. The van der Waals surface area contributed by atoms with Gasteiger partial charge in [0.25, 0.3) is 0 Å². The Morgan fingerprint density at radius 1 is 1.33 bits per heavy atom. The van der Waals surface area contributed by atoms with Crippen molar-refractivity contribution in [3.8, 4) is 0 Å². The van der Waals surface area contributed by atoms with Gasteiger partial charge < -0.3 is 19.8 Å². The SMILES string of the molecule is CN=C(NCc1cc(C(=O)OC)c(C)o1)NC(C)CCC(C)C.I. The Labute approximate surface area is 161 Å². The monoisotopic (exact) mass is 451 g/mol. The molecule has 1 aromatic rings. The number of furan rings is 1. The Bertz CT molecular complexity index is 541. The Morgan fingerprint density at radius 3 is 2.54 bits per heavy atom. The molecule has 138 valence electrons. The number of aryl methyl sites for hydroxylation is 1. The number of guanidine groups is 1. The molecule has 0 aromatic carbocycles. The van der Waals surface area contributed by atoms with Crippen molar-refractivity contribution in [2.45, 2.75) is 53.1 Å². The van der Waals surface area contributed by atoms with Gasteiger partial charge in [-0.2, -0.15) is 0 Å². The fourth-order valence-corrected chi connectivity index (χ4v) is 2.20. The second kappa shape index (κ2) is 11.3. The van der Waals surface area contributed by atoms with Crippen LogP contribution in [-0.4, -0.2) is 32.1 Å². The van der Waals surface area contributed by atoms with Crippen molar-refractivity contribution >= 4 is 35.9 Å². The minimum Gasteiger partial charge on any atom is -0.465 e. The van der Waals surface area contributed by atoms with Crippen molar-refractivity contribution in [2.75, 3.05) is 14.2 Å². The molecule has 0 saturated heterocycles. The molecule has 0 aliphatic carbocycles. The molecule has 1 aromatic heterocycles. The van der Waals surface area contributed by atoms with Crippen molar-refractivity contribution in [1.29, 1.82) is 0 Å². The number of ether oxygens (including phenoxy) is 1. The van der Waals surface area contributed by atoms with Gasteiger partial charge in [0.15, 0.2) is 5.96 Å². The van der Waals surface area contributed by atoms with Crippen molar-refractivity contribution < 1.29 is 13.9 Å². The van der Waals surface area contributed by atoms with Crippen LogP contribution in [0.15, 0.2) is 15.5 Å². The van der Waals surface area contributed by atoms with Gasteiger partial charge in [-0.3, -0.25) is 4.99 Å². The smallest absolute Gasteiger partial charge is 0.341 e. The fourth-order valence-electron chi connectivity index (χ4n) is 2.20. The number of hydrogen-bond acceptors (Lipinski definition) is 4. The number of methoxy groups -OCH3 is 1. The number of rotatable bonds is 7. The van der Waals surface area contributed by atoms with E-state index in [2.05, 4.69) is 36.4 Å². The third-order valence-corrected chi connectivity index (χ3v) is 3.59. The van der Waals surface area contributed by atoms with Gasteiger partial charge >= 0.3 is 5.97 Å². The molecule has 0 amide bonds. The highest BCUT2D eigenvalue weighted by molar-refractivity contribution is 14.0. The first-order valence-electron chi connectivity index (χ1n) is 8.02. The standard InChI is InChI=1S/C17H29N3O3.HI/c1-11(2)7-8-12(3)20-17(18-5)19-10-14-9-15(13(4)23-14)16(21)22-6;/h9,11-12H,7-8,10H2,1-6H3,(H2,18,19,20);1H. The van der Waals surface area contributed by atoms with Crippen molar-refractivity contribution in [1.82, 2.24) is 10.6 Å². The quantitative estimate of drug-likeness (QED) is 0.287. The van der Waals surface area contributed by atoms with Gasteiger partial charge in [-0.05, 0) is 38.7 Å². The molecule has 0 spiro atoms. The summed E-state index contributed by atoms with van der Waals surface area (Å²) >= 11 is 0. The Morgan fingerprint density at radius 2 is 2.00 bits per heavy atom. The summed E-state index contributed by atoms with van der Waals surface area (Å²) in [5.74, 6) is 2.25. The van der Waals surface area contributed by atoms with Crippen molar-refractivity contribution in [2.24, 2.45) is 10.9 Å². The molecular formula is C17H30IN3O3. The maximum absolute atomic E-state index is 11.6. The summed E-state index contributed by atoms with van der Waals surface area (Å²) in [6.07, 6.45) is 2.26. The van der Waals surface area contributed by atoms with Crippen LogP contribution in [0.1, 0.15) is 55.5 Å². The van der Waals surface area contributed by atoms with Crippen molar-refractivity contribution in [3.05, 3.63) is 23.2 Å². The van der Waals surface area contributed by atoms with Gasteiger partial charge in [0, 0.05) is 13.1 Å². The van der Waals surface area contributed by atoms with Crippen LogP contribution in [0.5, 0.6) is 0 Å². The molecule has 0 radical (unpaired) electrons. The molecule has 7 heteroatoms. The highest BCUT2D eigenvalue weighted by Crippen LogP contribution is 2.15. The zero-order valence-electron chi connectivity index (χ0n) is 15.4. The molecule has 0 bridgehead atoms. The summed E-state index contributed by atoms with van der Waals surface area (Å²) in [7, 11) is 3.09. The van der Waals surface area contributed by atoms with E-state index in [0.29, 0.717) is 35.6 Å². The molecule has 0 fully saturated rings. The van der Waals surface area contributed by atoms with E-state index in [9.17, 15) is 4.79 Å². The average molecular weight is 451 g/mol. The predicted octanol–water partition coefficient (Wildman–Crippen LogP) is 3.48. The first kappa shape index (κ1) is 22.8. The summed E-state index contributed by atoms with van der Waals surface area (Å²) in [6.45, 7) is 8.78. The molecule has 1 rings (SSSR count). The van der Waals surface area contributed by atoms with E-state index in [0.717, 1.165) is 12.4 Å². The van der Waals surface area contributed by atoms with Crippen molar-refractivity contribution in [3.63, 3.8) is 0 Å². The van der Waals surface area contributed by atoms with E-state index in [4.69, 9.17) is 9.15 Å². The van der Waals surface area contributed by atoms with Crippen LogP contribution in [0.25, 0.3) is 0 Å². The maximum atomic E-state index is 11.6. The van der Waals surface area contributed by atoms with E-state index >= 15 is 0 Å². The third kappa shape index (κ3) is 7.55. The lowest BCUT2D eigenvalue weighted by molar-refractivity contribution is 0.0599. The number of esters is 1. The van der Waals surface area contributed by atoms with Gasteiger partial charge in [0.2, 0.25) is 0 Å². The Kier molecular flexibility index (Phi) is 10.7. The van der Waals surface area contributed by atoms with Gasteiger partial charge in [0.05, 0.1) is 13.7 Å². The van der Waals surface area contributed by atoms with E-state index in [1.54, 1.807) is 20.0 Å². The van der Waals surface area contributed by atoms with E-state index < -0.39 is 0 Å². The van der Waals surface area contributed by atoms with Gasteiger partial charge in [-0.1, -0.05) is 13.8 Å². The molecule has 0 aliphatic rings. The summed E-state index contributed by atoms with van der Waals surface area (Å²) in [4.78, 5) is 15.8. The third-order valence-electron chi connectivity index (χ3n) is 3.59. The molecule has 1 unspecified atom stereocenters. The van der Waals surface area contributed by atoms with Crippen LogP contribution < -0.4 is 10.6 Å². The number of aliphatic imine (C=N–C) groups is 1. The van der Waals surface area contributed by atoms with E-state index in [1.807, 2.05) is 0 Å². The summed E-state index contributed by atoms with van der Waals surface area (Å²) in [5, 5.41) is 6.55. The molecule has 2 N–H and O–H groups in total. The molecular weight excluding hydrogens is 421 g/mol. The number of halogens is 1. The van der Waals surface area contributed by atoms with Crippen LogP contribution in [0.4, 0.5) is 0 Å². The number of nitrogens with one attached hydrogen (secondary N) is 2. The second-order valence-electron chi connectivity index (χ2n) is 6.12. The largest absolute Gasteiger partial charge is 0.465 e. The molecule has 0 saturated carbocycles. The van der Waals surface area contributed by atoms with Crippen LogP contribution in [0, 0.1) is 12.8 Å². The molecule has 0 aliphatic heterocycles. The first-order chi connectivity index (χ1) is 10.9. The summed E-state index contributed by atoms with van der Waals surface area (Å²) < 4.78 is 10.3. The summed E-state index contributed by atoms with van der Waals surface area (Å²) in [5.41, 5.74) is 0.456. The maximum Gasteiger partial charge on any atom is 0.341 e. The lowest BCUT2D eigenvalue weighted by Gasteiger charge is -2.18. The Balaban J connectivity index is 0.00000529. The highest BCUT2D eigenvalue weighted by atomic mass is 127. The lowest BCUT2D eigenvalue weighted by atomic mass is 10.0. The number of carbonyl (C=O) groups excluding carboxylic acids is 1. The topological polar surface area (TPSA) is 75.9 Å². The van der Waals surface area contributed by atoms with Crippen LogP contribution in [0.3, 0.4) is 0 Å². The minimum atomic E-state index is -0.387.